The molecule has 6 nitrogen and oxygen atoms in total. The van der Waals surface area contributed by atoms with Gasteiger partial charge in [-0.15, -0.1) is 0 Å². The Kier molecular flexibility index (Phi) is 5.22. The van der Waals surface area contributed by atoms with Gasteiger partial charge in [-0.1, -0.05) is 24.3 Å². The van der Waals surface area contributed by atoms with Crippen molar-refractivity contribution < 1.29 is 14.3 Å². The van der Waals surface area contributed by atoms with Gasteiger partial charge in [0, 0.05) is 17.3 Å². The van der Waals surface area contributed by atoms with Gasteiger partial charge in [0.2, 0.25) is 0 Å². The molecular weight excluding hydrogens is 330 g/mol. The molecule has 3 aromatic rings. The first-order valence-electron chi connectivity index (χ1n) is 8.43. The Morgan fingerprint density at radius 3 is 2.65 bits per heavy atom. The molecule has 0 saturated carbocycles. The molecule has 0 aliphatic carbocycles. The van der Waals surface area contributed by atoms with Crippen LogP contribution in [0.1, 0.15) is 24.2 Å². The lowest BCUT2D eigenvalue weighted by Gasteiger charge is -2.12. The SMILES string of the molecule is CC(C)Oc1cccc(C(=O)NNC(=O)Cn2ccc3ccccc32)c1. The predicted molar refractivity (Wildman–Crippen MR) is 99.8 cm³/mol. The van der Waals surface area contributed by atoms with Crippen LogP contribution in [0.4, 0.5) is 0 Å². The lowest BCUT2D eigenvalue weighted by atomic mass is 10.2. The highest BCUT2D eigenvalue weighted by molar-refractivity contribution is 5.95. The summed E-state index contributed by atoms with van der Waals surface area (Å²) in [6.07, 6.45) is 1.86. The molecule has 0 unspecified atom stereocenters. The van der Waals surface area contributed by atoms with Crippen LogP contribution in [0.25, 0.3) is 10.9 Å². The molecule has 2 amide bonds. The highest BCUT2D eigenvalue weighted by Crippen LogP contribution is 2.15. The maximum atomic E-state index is 12.2. The minimum absolute atomic E-state index is 0.0180. The van der Waals surface area contributed by atoms with Crippen LogP contribution in [0.3, 0.4) is 0 Å². The molecule has 0 saturated heterocycles. The number of carbonyl (C=O) groups is 2. The number of hydrogen-bond acceptors (Lipinski definition) is 3. The molecule has 0 spiro atoms. The fraction of sp³-hybridized carbons (Fsp3) is 0.200. The van der Waals surface area contributed by atoms with Gasteiger partial charge in [0.1, 0.15) is 12.3 Å². The number of ether oxygens (including phenoxy) is 1. The van der Waals surface area contributed by atoms with Crippen molar-refractivity contribution in [2.75, 3.05) is 0 Å². The van der Waals surface area contributed by atoms with Crippen LogP contribution >= 0.6 is 0 Å². The number of amides is 2. The van der Waals surface area contributed by atoms with Crippen molar-refractivity contribution in [2.24, 2.45) is 0 Å². The van der Waals surface area contributed by atoms with Crippen LogP contribution in [-0.4, -0.2) is 22.5 Å². The van der Waals surface area contributed by atoms with Crippen molar-refractivity contribution in [1.29, 1.82) is 0 Å². The third-order valence-corrected chi connectivity index (χ3v) is 3.78. The van der Waals surface area contributed by atoms with Crippen molar-refractivity contribution in [3.05, 3.63) is 66.4 Å². The first-order valence-corrected chi connectivity index (χ1v) is 8.43. The number of carbonyl (C=O) groups excluding carboxylic acids is 2. The monoisotopic (exact) mass is 351 g/mol. The molecule has 0 aliphatic rings. The number of fused-ring (bicyclic) bond motifs is 1. The van der Waals surface area contributed by atoms with Gasteiger partial charge >= 0.3 is 0 Å². The molecule has 0 radical (unpaired) electrons. The van der Waals surface area contributed by atoms with Gasteiger partial charge in [-0.25, -0.2) is 0 Å². The fourth-order valence-corrected chi connectivity index (χ4v) is 2.65. The normalized spacial score (nSPS) is 10.7. The number of aromatic nitrogens is 1. The van der Waals surface area contributed by atoms with Crippen LogP contribution in [0.5, 0.6) is 5.75 Å². The zero-order valence-corrected chi connectivity index (χ0v) is 14.7. The van der Waals surface area contributed by atoms with E-state index in [4.69, 9.17) is 4.74 Å². The standard InChI is InChI=1S/C20H21N3O3/c1-14(2)26-17-8-5-7-16(12-17)20(25)22-21-19(24)13-23-11-10-15-6-3-4-9-18(15)23/h3-12,14H,13H2,1-2H3,(H,21,24)(H,22,25). The molecule has 0 atom stereocenters. The molecule has 134 valence electrons. The molecule has 1 heterocycles. The van der Waals surface area contributed by atoms with E-state index in [1.165, 1.54) is 0 Å². The van der Waals surface area contributed by atoms with Crippen molar-refractivity contribution in [3.8, 4) is 5.75 Å². The molecule has 0 aliphatic heterocycles. The van der Waals surface area contributed by atoms with E-state index in [0.717, 1.165) is 10.9 Å². The minimum atomic E-state index is -0.398. The maximum Gasteiger partial charge on any atom is 0.269 e. The van der Waals surface area contributed by atoms with Gasteiger partial charge in [0.25, 0.3) is 11.8 Å². The zero-order valence-electron chi connectivity index (χ0n) is 14.7. The summed E-state index contributed by atoms with van der Waals surface area (Å²) < 4.78 is 7.40. The first-order chi connectivity index (χ1) is 12.5. The van der Waals surface area contributed by atoms with Crippen LogP contribution in [-0.2, 0) is 11.3 Å². The summed E-state index contributed by atoms with van der Waals surface area (Å²) in [5, 5.41) is 1.06. The number of nitrogens with one attached hydrogen (secondary N) is 2. The number of para-hydroxylation sites is 1. The molecule has 0 bridgehead atoms. The van der Waals surface area contributed by atoms with Crippen LogP contribution in [0.15, 0.2) is 60.8 Å². The van der Waals surface area contributed by atoms with Crippen molar-refractivity contribution >= 4 is 22.7 Å². The zero-order chi connectivity index (χ0) is 18.5. The van der Waals surface area contributed by atoms with Gasteiger partial charge in [-0.2, -0.15) is 0 Å². The van der Waals surface area contributed by atoms with Gasteiger partial charge in [-0.05, 0) is 49.6 Å². The summed E-state index contributed by atoms with van der Waals surface area (Å²) in [4.78, 5) is 24.3. The molecule has 6 heteroatoms. The average Bonchev–Trinajstić information content (AvgIpc) is 3.02. The molecular formula is C20H21N3O3. The quantitative estimate of drug-likeness (QED) is 0.694. The van der Waals surface area contributed by atoms with Gasteiger partial charge < -0.3 is 9.30 Å². The molecule has 0 fully saturated rings. The number of rotatable bonds is 5. The number of hydrazine groups is 1. The second-order valence-electron chi connectivity index (χ2n) is 6.20. The van der Waals surface area contributed by atoms with E-state index in [2.05, 4.69) is 10.9 Å². The first kappa shape index (κ1) is 17.5. The van der Waals surface area contributed by atoms with Gasteiger partial charge in [0.05, 0.1) is 6.10 Å². The van der Waals surface area contributed by atoms with E-state index in [1.807, 2.05) is 54.9 Å². The number of hydrogen-bond donors (Lipinski definition) is 2. The van der Waals surface area contributed by atoms with E-state index in [-0.39, 0.29) is 18.6 Å². The number of nitrogens with zero attached hydrogens (tertiary/aromatic N) is 1. The Morgan fingerprint density at radius 1 is 1.04 bits per heavy atom. The van der Waals surface area contributed by atoms with Crippen molar-refractivity contribution in [1.82, 2.24) is 15.4 Å². The summed E-state index contributed by atoms with van der Waals surface area (Å²) in [6, 6.07) is 16.6. The maximum absolute atomic E-state index is 12.2. The lowest BCUT2D eigenvalue weighted by molar-refractivity contribution is -0.122. The Labute approximate surface area is 151 Å². The van der Waals surface area contributed by atoms with E-state index in [9.17, 15) is 9.59 Å². The van der Waals surface area contributed by atoms with Crippen LogP contribution < -0.4 is 15.6 Å². The smallest absolute Gasteiger partial charge is 0.269 e. The highest BCUT2D eigenvalue weighted by Gasteiger charge is 2.10. The van der Waals surface area contributed by atoms with Gasteiger partial charge in [-0.3, -0.25) is 20.4 Å². The molecule has 3 rings (SSSR count). The minimum Gasteiger partial charge on any atom is -0.491 e. The highest BCUT2D eigenvalue weighted by atomic mass is 16.5. The predicted octanol–water partition coefficient (Wildman–Crippen LogP) is 2.89. The Hall–Kier alpha value is -3.28. The summed E-state index contributed by atoms with van der Waals surface area (Å²) in [7, 11) is 0. The Balaban J connectivity index is 1.58. The molecule has 26 heavy (non-hydrogen) atoms. The fourth-order valence-electron chi connectivity index (χ4n) is 2.65. The Morgan fingerprint density at radius 2 is 1.85 bits per heavy atom. The second-order valence-corrected chi connectivity index (χ2v) is 6.20. The molecule has 1 aromatic heterocycles. The van der Waals surface area contributed by atoms with Crippen LogP contribution in [0, 0.1) is 0 Å². The third-order valence-electron chi connectivity index (χ3n) is 3.78. The largest absolute Gasteiger partial charge is 0.491 e. The van der Waals surface area contributed by atoms with E-state index >= 15 is 0 Å². The summed E-state index contributed by atoms with van der Waals surface area (Å²) in [5.74, 6) is -0.100. The second kappa shape index (κ2) is 7.74. The lowest BCUT2D eigenvalue weighted by Crippen LogP contribution is -2.43. The van der Waals surface area contributed by atoms with E-state index < -0.39 is 5.91 Å². The van der Waals surface area contributed by atoms with Crippen molar-refractivity contribution in [2.45, 2.75) is 26.5 Å². The third kappa shape index (κ3) is 4.22. The van der Waals surface area contributed by atoms with E-state index in [0.29, 0.717) is 11.3 Å². The van der Waals surface area contributed by atoms with Gasteiger partial charge in [0.15, 0.2) is 0 Å². The van der Waals surface area contributed by atoms with E-state index in [1.54, 1.807) is 24.3 Å². The summed E-state index contributed by atoms with van der Waals surface area (Å²) in [5.41, 5.74) is 6.25. The Bertz CT molecular complexity index is 931. The van der Waals surface area contributed by atoms with Crippen molar-refractivity contribution in [3.63, 3.8) is 0 Å². The van der Waals surface area contributed by atoms with Crippen LogP contribution in [0.2, 0.25) is 0 Å². The molecule has 2 N–H and O–H groups in total. The topological polar surface area (TPSA) is 72.4 Å². The summed E-state index contributed by atoms with van der Waals surface area (Å²) in [6.45, 7) is 3.94. The number of benzene rings is 2. The summed E-state index contributed by atoms with van der Waals surface area (Å²) >= 11 is 0. The average molecular weight is 351 g/mol. The molecule has 2 aromatic carbocycles.